The lowest BCUT2D eigenvalue weighted by molar-refractivity contribution is -0.137. The van der Waals surface area contributed by atoms with Crippen molar-refractivity contribution in [1.82, 2.24) is 15.5 Å². The number of carbonyl (C=O) groups is 2. The highest BCUT2D eigenvalue weighted by molar-refractivity contribution is 5.74. The Bertz CT molecular complexity index is 327. The average molecular weight is 271 g/mol. The van der Waals surface area contributed by atoms with E-state index in [1.54, 1.807) is 0 Å². The van der Waals surface area contributed by atoms with E-state index in [1.807, 2.05) is 13.8 Å². The van der Waals surface area contributed by atoms with Gasteiger partial charge in [0.1, 0.15) is 0 Å². The molecule has 0 radical (unpaired) electrons. The maximum atomic E-state index is 11.7. The molecule has 0 spiro atoms. The Morgan fingerprint density at radius 2 is 2.00 bits per heavy atom. The predicted octanol–water partition coefficient (Wildman–Crippen LogP) is 1.02. The molecule has 1 aliphatic rings. The van der Waals surface area contributed by atoms with Gasteiger partial charge in [-0.25, -0.2) is 4.79 Å². The molecular weight excluding hydrogens is 246 g/mol. The first kappa shape index (κ1) is 15.8. The summed E-state index contributed by atoms with van der Waals surface area (Å²) in [5, 5.41) is 14.2. The summed E-state index contributed by atoms with van der Waals surface area (Å²) >= 11 is 0. The SMILES string of the molecule is CN(CCNC(=O)NC(C)(C)CCC(=O)O)C1CC1. The van der Waals surface area contributed by atoms with Crippen LogP contribution >= 0.6 is 0 Å². The summed E-state index contributed by atoms with van der Waals surface area (Å²) in [6.07, 6.45) is 2.98. The summed E-state index contributed by atoms with van der Waals surface area (Å²) < 4.78 is 0. The number of hydrogen-bond acceptors (Lipinski definition) is 3. The Morgan fingerprint density at radius 1 is 1.37 bits per heavy atom. The number of aliphatic carboxylic acids is 1. The van der Waals surface area contributed by atoms with Crippen LogP contribution in [0.2, 0.25) is 0 Å². The van der Waals surface area contributed by atoms with Gasteiger partial charge in [0.15, 0.2) is 0 Å². The number of carboxylic acids is 1. The summed E-state index contributed by atoms with van der Waals surface area (Å²) in [5.74, 6) is -0.846. The molecule has 1 rings (SSSR count). The monoisotopic (exact) mass is 271 g/mol. The lowest BCUT2D eigenvalue weighted by Crippen LogP contribution is -2.49. The maximum Gasteiger partial charge on any atom is 0.315 e. The molecule has 19 heavy (non-hydrogen) atoms. The van der Waals surface area contributed by atoms with E-state index >= 15 is 0 Å². The third-order valence-electron chi connectivity index (χ3n) is 3.34. The van der Waals surface area contributed by atoms with Crippen molar-refractivity contribution in [2.24, 2.45) is 0 Å². The van der Waals surface area contributed by atoms with Gasteiger partial charge in [-0.3, -0.25) is 4.79 Å². The highest BCUT2D eigenvalue weighted by Gasteiger charge is 2.26. The Hall–Kier alpha value is -1.30. The van der Waals surface area contributed by atoms with Crippen molar-refractivity contribution in [2.45, 2.75) is 51.1 Å². The summed E-state index contributed by atoms with van der Waals surface area (Å²) in [7, 11) is 2.06. The van der Waals surface area contributed by atoms with Crippen molar-refractivity contribution < 1.29 is 14.7 Å². The number of likely N-dealkylation sites (N-methyl/N-ethyl adjacent to an activating group) is 1. The zero-order chi connectivity index (χ0) is 14.5. The number of urea groups is 1. The first-order valence-electron chi connectivity index (χ1n) is 6.78. The minimum absolute atomic E-state index is 0.0533. The van der Waals surface area contributed by atoms with Crippen LogP contribution in [0.1, 0.15) is 39.5 Å². The highest BCUT2D eigenvalue weighted by atomic mass is 16.4. The molecule has 6 heteroatoms. The van der Waals surface area contributed by atoms with Crippen molar-refractivity contribution in [1.29, 1.82) is 0 Å². The number of amides is 2. The van der Waals surface area contributed by atoms with Gasteiger partial charge in [-0.05, 0) is 40.2 Å². The molecule has 1 fully saturated rings. The van der Waals surface area contributed by atoms with E-state index in [0.29, 0.717) is 19.0 Å². The summed E-state index contributed by atoms with van der Waals surface area (Å²) in [6, 6.07) is 0.455. The smallest absolute Gasteiger partial charge is 0.315 e. The second-order valence-corrected chi connectivity index (χ2v) is 5.87. The van der Waals surface area contributed by atoms with Gasteiger partial charge in [0.05, 0.1) is 0 Å². The van der Waals surface area contributed by atoms with Crippen LogP contribution in [0.15, 0.2) is 0 Å². The van der Waals surface area contributed by atoms with Crippen molar-refractivity contribution in [3.8, 4) is 0 Å². The second-order valence-electron chi connectivity index (χ2n) is 5.87. The van der Waals surface area contributed by atoms with Crippen molar-refractivity contribution >= 4 is 12.0 Å². The first-order valence-corrected chi connectivity index (χ1v) is 6.78. The molecule has 0 aliphatic heterocycles. The molecule has 0 atom stereocenters. The van der Waals surface area contributed by atoms with Crippen LogP contribution in [0.5, 0.6) is 0 Å². The maximum absolute atomic E-state index is 11.7. The topological polar surface area (TPSA) is 81.7 Å². The summed E-state index contributed by atoms with van der Waals surface area (Å²) in [4.78, 5) is 24.4. The summed E-state index contributed by atoms with van der Waals surface area (Å²) in [5.41, 5.74) is -0.509. The normalized spacial score (nSPS) is 15.4. The lowest BCUT2D eigenvalue weighted by Gasteiger charge is -2.26. The Balaban J connectivity index is 2.15. The Morgan fingerprint density at radius 3 is 2.53 bits per heavy atom. The molecule has 0 saturated heterocycles. The number of nitrogens with zero attached hydrogens (tertiary/aromatic N) is 1. The van der Waals surface area contributed by atoms with Crippen LogP contribution in [0.4, 0.5) is 4.79 Å². The molecule has 1 aliphatic carbocycles. The zero-order valence-corrected chi connectivity index (χ0v) is 12.0. The van der Waals surface area contributed by atoms with E-state index in [2.05, 4.69) is 22.6 Å². The first-order chi connectivity index (χ1) is 8.80. The van der Waals surface area contributed by atoms with Gasteiger partial charge in [-0.15, -0.1) is 0 Å². The standard InChI is InChI=1S/C13H25N3O3/c1-13(2,7-6-11(17)18)15-12(19)14-8-9-16(3)10-4-5-10/h10H,4-9H2,1-3H3,(H,17,18)(H2,14,15,19). The number of nitrogens with one attached hydrogen (secondary N) is 2. The molecule has 2 amide bonds. The van der Waals surface area contributed by atoms with Gasteiger partial charge in [0, 0.05) is 31.1 Å². The quantitative estimate of drug-likeness (QED) is 0.615. The van der Waals surface area contributed by atoms with Gasteiger partial charge in [-0.1, -0.05) is 0 Å². The number of hydrogen-bond donors (Lipinski definition) is 3. The van der Waals surface area contributed by atoms with E-state index in [-0.39, 0.29) is 12.5 Å². The van der Waals surface area contributed by atoms with Crippen LogP contribution in [0.25, 0.3) is 0 Å². The highest BCUT2D eigenvalue weighted by Crippen LogP contribution is 2.24. The fraction of sp³-hybridized carbons (Fsp3) is 0.846. The van der Waals surface area contributed by atoms with Gasteiger partial charge < -0.3 is 20.6 Å². The molecular formula is C13H25N3O3. The molecule has 0 unspecified atom stereocenters. The number of rotatable bonds is 8. The van der Waals surface area contributed by atoms with Gasteiger partial charge in [-0.2, -0.15) is 0 Å². The van der Waals surface area contributed by atoms with Crippen molar-refractivity contribution in [3.63, 3.8) is 0 Å². The molecule has 0 bridgehead atoms. The molecule has 0 aromatic rings. The van der Waals surface area contributed by atoms with Crippen LogP contribution in [0.3, 0.4) is 0 Å². The molecule has 0 aromatic heterocycles. The minimum Gasteiger partial charge on any atom is -0.481 e. The largest absolute Gasteiger partial charge is 0.481 e. The zero-order valence-electron chi connectivity index (χ0n) is 12.0. The van der Waals surface area contributed by atoms with Crippen molar-refractivity contribution in [2.75, 3.05) is 20.1 Å². The van der Waals surface area contributed by atoms with Gasteiger partial charge in [0.2, 0.25) is 0 Å². The van der Waals surface area contributed by atoms with E-state index in [1.165, 1.54) is 12.8 Å². The summed E-state index contributed by atoms with van der Waals surface area (Å²) in [6.45, 7) is 5.10. The minimum atomic E-state index is -0.846. The molecule has 3 N–H and O–H groups in total. The number of carbonyl (C=O) groups excluding carboxylic acids is 1. The Labute approximate surface area is 114 Å². The van der Waals surface area contributed by atoms with Crippen LogP contribution in [-0.2, 0) is 4.79 Å². The van der Waals surface area contributed by atoms with E-state index in [0.717, 1.165) is 6.54 Å². The fourth-order valence-corrected chi connectivity index (χ4v) is 1.88. The molecule has 0 heterocycles. The van der Waals surface area contributed by atoms with E-state index in [4.69, 9.17) is 5.11 Å². The van der Waals surface area contributed by atoms with Crippen molar-refractivity contribution in [3.05, 3.63) is 0 Å². The third-order valence-corrected chi connectivity index (χ3v) is 3.34. The average Bonchev–Trinajstić information content (AvgIpc) is 3.09. The van der Waals surface area contributed by atoms with Crippen LogP contribution in [-0.4, -0.2) is 53.7 Å². The third kappa shape index (κ3) is 7.00. The molecule has 6 nitrogen and oxygen atoms in total. The number of carboxylic acid groups (broad SMARTS) is 1. The fourth-order valence-electron chi connectivity index (χ4n) is 1.88. The lowest BCUT2D eigenvalue weighted by atomic mass is 9.99. The second kappa shape index (κ2) is 6.75. The molecule has 110 valence electrons. The van der Waals surface area contributed by atoms with Gasteiger partial charge >= 0.3 is 12.0 Å². The van der Waals surface area contributed by atoms with E-state index in [9.17, 15) is 9.59 Å². The Kier molecular flexibility index (Phi) is 5.60. The van der Waals surface area contributed by atoms with Crippen LogP contribution < -0.4 is 10.6 Å². The molecule has 1 saturated carbocycles. The molecule has 0 aromatic carbocycles. The van der Waals surface area contributed by atoms with E-state index < -0.39 is 11.5 Å². The van der Waals surface area contributed by atoms with Crippen LogP contribution in [0, 0.1) is 0 Å². The predicted molar refractivity (Wildman–Crippen MR) is 73.1 cm³/mol. The van der Waals surface area contributed by atoms with Gasteiger partial charge in [0.25, 0.3) is 0 Å².